The number of fused-ring (bicyclic) bond motifs is 1. The average molecular weight is 335 g/mol. The van der Waals surface area contributed by atoms with Crippen LogP contribution in [-0.4, -0.2) is 41.1 Å². The molecule has 3 aromatic rings. The quantitative estimate of drug-likeness (QED) is 0.709. The molecule has 4 rings (SSSR count). The highest BCUT2D eigenvalue weighted by molar-refractivity contribution is 5.66. The van der Waals surface area contributed by atoms with Gasteiger partial charge in [-0.05, 0) is 37.4 Å². The van der Waals surface area contributed by atoms with Crippen molar-refractivity contribution in [3.63, 3.8) is 0 Å². The molecule has 0 aliphatic carbocycles. The molecule has 4 nitrogen and oxygen atoms in total. The molecule has 1 aromatic carbocycles. The van der Waals surface area contributed by atoms with Gasteiger partial charge < -0.3 is 9.14 Å². The molecule has 3 heterocycles. The molecule has 1 aliphatic rings. The van der Waals surface area contributed by atoms with Gasteiger partial charge in [0.25, 0.3) is 0 Å². The molecule has 0 spiro atoms. The zero-order chi connectivity index (χ0) is 17.1. The minimum Gasteiger partial charge on any atom is -0.384 e. The number of imidazole rings is 1. The molecule has 1 unspecified atom stereocenters. The van der Waals surface area contributed by atoms with Gasteiger partial charge in [0, 0.05) is 32.0 Å². The first-order valence-electron chi connectivity index (χ1n) is 9.08. The lowest BCUT2D eigenvalue weighted by molar-refractivity contribution is 0.0867. The Balaban J connectivity index is 1.68. The monoisotopic (exact) mass is 335 g/mol. The second kappa shape index (κ2) is 7.38. The van der Waals surface area contributed by atoms with Crippen LogP contribution in [0.25, 0.3) is 16.9 Å². The van der Waals surface area contributed by atoms with Crippen LogP contribution in [0.15, 0.2) is 54.7 Å². The van der Waals surface area contributed by atoms with Crippen LogP contribution in [0.4, 0.5) is 0 Å². The van der Waals surface area contributed by atoms with Gasteiger partial charge in [-0.15, -0.1) is 0 Å². The summed E-state index contributed by atoms with van der Waals surface area (Å²) in [5.74, 6) is 0.637. The lowest BCUT2D eigenvalue weighted by Crippen LogP contribution is -2.37. The summed E-state index contributed by atoms with van der Waals surface area (Å²) in [7, 11) is 1.80. The Kier molecular flexibility index (Phi) is 4.81. The van der Waals surface area contributed by atoms with Crippen LogP contribution in [0.5, 0.6) is 0 Å². The maximum Gasteiger partial charge on any atom is 0.137 e. The van der Waals surface area contributed by atoms with Crippen molar-refractivity contribution in [2.75, 3.05) is 26.8 Å². The van der Waals surface area contributed by atoms with Crippen LogP contribution >= 0.6 is 0 Å². The summed E-state index contributed by atoms with van der Waals surface area (Å²) >= 11 is 0. The predicted molar refractivity (Wildman–Crippen MR) is 101 cm³/mol. The topological polar surface area (TPSA) is 29.8 Å². The number of nitrogens with zero attached hydrogens (tertiary/aromatic N) is 3. The molecular weight excluding hydrogens is 310 g/mol. The van der Waals surface area contributed by atoms with E-state index in [-0.39, 0.29) is 0 Å². The summed E-state index contributed by atoms with van der Waals surface area (Å²) in [5, 5.41) is 0. The minimum absolute atomic E-state index is 0.637. The van der Waals surface area contributed by atoms with Crippen molar-refractivity contribution < 1.29 is 4.74 Å². The Bertz CT molecular complexity index is 826. The first-order chi connectivity index (χ1) is 12.3. The van der Waals surface area contributed by atoms with E-state index in [0.29, 0.717) is 5.92 Å². The smallest absolute Gasteiger partial charge is 0.137 e. The molecule has 0 saturated carbocycles. The van der Waals surface area contributed by atoms with Gasteiger partial charge in [-0.1, -0.05) is 36.4 Å². The number of hydrogen-bond donors (Lipinski definition) is 0. The molecule has 0 bridgehead atoms. The Morgan fingerprint density at radius 2 is 1.96 bits per heavy atom. The van der Waals surface area contributed by atoms with Crippen LogP contribution in [0.1, 0.15) is 18.5 Å². The van der Waals surface area contributed by atoms with Gasteiger partial charge in [-0.2, -0.15) is 0 Å². The first-order valence-corrected chi connectivity index (χ1v) is 9.08. The molecule has 0 radical (unpaired) electrons. The summed E-state index contributed by atoms with van der Waals surface area (Å²) in [5.41, 5.74) is 4.58. The fourth-order valence-corrected chi connectivity index (χ4v) is 3.90. The van der Waals surface area contributed by atoms with Crippen molar-refractivity contribution in [3.05, 3.63) is 60.4 Å². The average Bonchev–Trinajstić information content (AvgIpc) is 3.02. The molecule has 1 saturated heterocycles. The van der Waals surface area contributed by atoms with Crippen molar-refractivity contribution in [1.82, 2.24) is 14.3 Å². The standard InChI is InChI=1S/C21H25N3O/c1-25-16-17-8-7-12-23(14-17)15-19-21(18-9-3-2-4-10-18)22-20-11-5-6-13-24(19)20/h2-6,9-11,13,17H,7-8,12,14-16H2,1H3. The normalized spacial score (nSPS) is 18.7. The number of piperidine rings is 1. The summed E-state index contributed by atoms with van der Waals surface area (Å²) in [6.45, 7) is 4.03. The Labute approximate surface area is 149 Å². The number of methoxy groups -OCH3 is 1. The van der Waals surface area contributed by atoms with E-state index in [1.165, 1.54) is 24.1 Å². The van der Waals surface area contributed by atoms with Crippen molar-refractivity contribution in [1.29, 1.82) is 0 Å². The zero-order valence-corrected chi connectivity index (χ0v) is 14.8. The van der Waals surface area contributed by atoms with E-state index in [9.17, 15) is 0 Å². The zero-order valence-electron chi connectivity index (χ0n) is 14.8. The van der Waals surface area contributed by atoms with E-state index in [1.807, 2.05) is 0 Å². The van der Waals surface area contributed by atoms with Crippen molar-refractivity contribution in [2.45, 2.75) is 19.4 Å². The highest BCUT2D eigenvalue weighted by atomic mass is 16.5. The van der Waals surface area contributed by atoms with E-state index in [0.717, 1.165) is 37.6 Å². The SMILES string of the molecule is COCC1CCCN(Cc2c(-c3ccccc3)nc3ccccn23)C1. The van der Waals surface area contributed by atoms with Gasteiger partial charge in [-0.25, -0.2) is 4.98 Å². The third-order valence-corrected chi connectivity index (χ3v) is 5.05. The number of benzene rings is 1. The van der Waals surface area contributed by atoms with Gasteiger partial charge in [0.05, 0.1) is 18.0 Å². The maximum atomic E-state index is 5.38. The molecule has 2 aromatic heterocycles. The van der Waals surface area contributed by atoms with E-state index in [1.54, 1.807) is 7.11 Å². The Morgan fingerprint density at radius 1 is 1.12 bits per heavy atom. The lowest BCUT2D eigenvalue weighted by atomic mass is 9.98. The second-order valence-electron chi connectivity index (χ2n) is 6.90. The molecule has 25 heavy (non-hydrogen) atoms. The first kappa shape index (κ1) is 16.3. The fraction of sp³-hybridized carbons (Fsp3) is 0.381. The molecule has 1 fully saturated rings. The molecule has 4 heteroatoms. The number of rotatable bonds is 5. The Morgan fingerprint density at radius 3 is 2.80 bits per heavy atom. The van der Waals surface area contributed by atoms with E-state index >= 15 is 0 Å². The van der Waals surface area contributed by atoms with Crippen LogP contribution < -0.4 is 0 Å². The van der Waals surface area contributed by atoms with Gasteiger partial charge in [0.1, 0.15) is 5.65 Å². The predicted octanol–water partition coefficient (Wildman–Crippen LogP) is 3.86. The maximum absolute atomic E-state index is 5.38. The molecular formula is C21H25N3O. The van der Waals surface area contributed by atoms with Gasteiger partial charge >= 0.3 is 0 Å². The number of likely N-dealkylation sites (tertiary alicyclic amines) is 1. The largest absolute Gasteiger partial charge is 0.384 e. The molecule has 130 valence electrons. The van der Waals surface area contributed by atoms with Crippen LogP contribution in [0.3, 0.4) is 0 Å². The van der Waals surface area contributed by atoms with E-state index in [4.69, 9.17) is 9.72 Å². The molecule has 1 atom stereocenters. The third-order valence-electron chi connectivity index (χ3n) is 5.05. The van der Waals surface area contributed by atoms with E-state index in [2.05, 4.69) is 64.0 Å². The fourth-order valence-electron chi connectivity index (χ4n) is 3.90. The van der Waals surface area contributed by atoms with Gasteiger partial charge in [0.2, 0.25) is 0 Å². The molecule has 0 amide bonds. The van der Waals surface area contributed by atoms with Gasteiger partial charge in [0.15, 0.2) is 0 Å². The summed E-state index contributed by atoms with van der Waals surface area (Å²) in [6, 6.07) is 16.7. The number of hydrogen-bond acceptors (Lipinski definition) is 3. The highest BCUT2D eigenvalue weighted by Gasteiger charge is 2.23. The number of aromatic nitrogens is 2. The minimum atomic E-state index is 0.637. The highest BCUT2D eigenvalue weighted by Crippen LogP contribution is 2.27. The second-order valence-corrected chi connectivity index (χ2v) is 6.90. The van der Waals surface area contributed by atoms with Crippen molar-refractivity contribution in [3.8, 4) is 11.3 Å². The summed E-state index contributed by atoms with van der Waals surface area (Å²) in [6.07, 6.45) is 4.63. The van der Waals surface area contributed by atoms with Crippen LogP contribution in [0.2, 0.25) is 0 Å². The van der Waals surface area contributed by atoms with Crippen LogP contribution in [0, 0.1) is 5.92 Å². The molecule has 1 aliphatic heterocycles. The Hall–Kier alpha value is -2.17. The summed E-state index contributed by atoms with van der Waals surface area (Å²) in [4.78, 5) is 7.47. The third kappa shape index (κ3) is 3.46. The number of ether oxygens (including phenoxy) is 1. The van der Waals surface area contributed by atoms with Gasteiger partial charge in [-0.3, -0.25) is 4.90 Å². The van der Waals surface area contributed by atoms with Crippen molar-refractivity contribution >= 4 is 5.65 Å². The van der Waals surface area contributed by atoms with Crippen molar-refractivity contribution in [2.24, 2.45) is 5.92 Å². The summed E-state index contributed by atoms with van der Waals surface area (Å²) < 4.78 is 7.62. The lowest BCUT2D eigenvalue weighted by Gasteiger charge is -2.32. The molecule has 0 N–H and O–H groups in total. The van der Waals surface area contributed by atoms with E-state index < -0.39 is 0 Å². The van der Waals surface area contributed by atoms with Crippen LogP contribution in [-0.2, 0) is 11.3 Å². The number of pyridine rings is 1.